The first kappa shape index (κ1) is 40.2. The van der Waals surface area contributed by atoms with Gasteiger partial charge in [-0.05, 0) is 94.4 Å². The van der Waals surface area contributed by atoms with Crippen molar-refractivity contribution < 1.29 is 0 Å². The van der Waals surface area contributed by atoms with Gasteiger partial charge < -0.3 is 0 Å². The Morgan fingerprint density at radius 3 is 1.25 bits per heavy atom. The molecule has 0 bridgehead atoms. The zero-order chi connectivity index (χ0) is 45.7. The van der Waals surface area contributed by atoms with Gasteiger partial charge in [0, 0.05) is 16.7 Å². The Hall–Kier alpha value is -9.05. The lowest BCUT2D eigenvalue weighted by Gasteiger charge is -2.35. The van der Waals surface area contributed by atoms with Crippen LogP contribution in [0.2, 0.25) is 0 Å². The fraction of sp³-hybridized carbons (Fsp3) is 0.0152. The van der Waals surface area contributed by atoms with Gasteiger partial charge in [0.2, 0.25) is 0 Å². The standard InChI is InChI=1S/C66H43N3/c1-4-17-44(18-5-1)45-31-33-48(34-32-45)51-21-16-22-52(43-51)65-68-63(49-19-6-2-7-20-49)67-64(69-65)50-37-35-46(36-38-50)47-39-41-54(42-40-47)66(53-23-8-3-9-24-53)60-30-15-14-29-59(60)61-57-27-12-10-25-55(57)56-26-11-13-28-58(56)62(61)66/h1-43H. The summed E-state index contributed by atoms with van der Waals surface area (Å²) in [5.74, 6) is 1.89. The second kappa shape index (κ2) is 16.7. The first-order valence-corrected chi connectivity index (χ1v) is 23.6. The SMILES string of the molecule is c1ccc(-c2ccc(-c3cccc(-c4nc(-c5ccccc5)nc(-c5ccc(-c6ccc(C7(c8ccccc8)c8ccccc8-c8c7c7ccccc7c7ccccc87)cc6)cc5)n4)c3)cc2)cc1. The summed E-state index contributed by atoms with van der Waals surface area (Å²) in [6.45, 7) is 0. The van der Waals surface area contributed by atoms with Crippen LogP contribution in [0.15, 0.2) is 261 Å². The Bertz CT molecular complexity index is 3850. The van der Waals surface area contributed by atoms with E-state index in [1.807, 2.05) is 24.3 Å². The van der Waals surface area contributed by atoms with E-state index in [2.05, 4.69) is 237 Å². The molecular weight excluding hydrogens is 835 g/mol. The maximum absolute atomic E-state index is 5.14. The number of hydrogen-bond acceptors (Lipinski definition) is 3. The monoisotopic (exact) mass is 877 g/mol. The Balaban J connectivity index is 0.883. The van der Waals surface area contributed by atoms with Crippen LogP contribution in [0, 0.1) is 0 Å². The van der Waals surface area contributed by atoms with Gasteiger partial charge in [0.05, 0.1) is 5.41 Å². The van der Waals surface area contributed by atoms with E-state index >= 15 is 0 Å². The van der Waals surface area contributed by atoms with Gasteiger partial charge in [-0.2, -0.15) is 0 Å². The molecule has 12 aromatic rings. The number of rotatable bonds is 8. The smallest absolute Gasteiger partial charge is 0.164 e. The van der Waals surface area contributed by atoms with E-state index < -0.39 is 5.41 Å². The minimum atomic E-state index is -0.543. The van der Waals surface area contributed by atoms with Crippen LogP contribution in [-0.4, -0.2) is 15.0 Å². The van der Waals surface area contributed by atoms with E-state index in [1.54, 1.807) is 0 Å². The molecule has 322 valence electrons. The summed E-state index contributed by atoms with van der Waals surface area (Å²) in [6.07, 6.45) is 0. The quantitative estimate of drug-likeness (QED) is 0.143. The molecule has 0 N–H and O–H groups in total. The van der Waals surface area contributed by atoms with Gasteiger partial charge in [-0.1, -0.05) is 255 Å². The highest BCUT2D eigenvalue weighted by Gasteiger charge is 2.47. The Labute approximate surface area is 401 Å². The van der Waals surface area contributed by atoms with Gasteiger partial charge >= 0.3 is 0 Å². The van der Waals surface area contributed by atoms with Gasteiger partial charge in [-0.25, -0.2) is 15.0 Å². The van der Waals surface area contributed by atoms with Crippen molar-refractivity contribution in [3.8, 4) is 78.7 Å². The molecule has 1 atom stereocenters. The van der Waals surface area contributed by atoms with Crippen LogP contribution in [-0.2, 0) is 5.41 Å². The van der Waals surface area contributed by atoms with Gasteiger partial charge in [0.1, 0.15) is 0 Å². The molecule has 3 heteroatoms. The third-order valence-corrected chi connectivity index (χ3v) is 14.0. The van der Waals surface area contributed by atoms with Crippen LogP contribution in [0.4, 0.5) is 0 Å². The van der Waals surface area contributed by atoms with E-state index in [-0.39, 0.29) is 0 Å². The summed E-state index contributed by atoms with van der Waals surface area (Å²) in [5, 5.41) is 5.12. The maximum atomic E-state index is 5.14. The van der Waals surface area contributed by atoms with E-state index in [9.17, 15) is 0 Å². The summed E-state index contributed by atoms with van der Waals surface area (Å²) >= 11 is 0. The second-order valence-electron chi connectivity index (χ2n) is 17.9. The van der Waals surface area contributed by atoms with E-state index in [0.29, 0.717) is 17.5 Å². The molecule has 1 aliphatic carbocycles. The number of nitrogens with zero attached hydrogens (tertiary/aromatic N) is 3. The molecule has 1 aliphatic rings. The van der Waals surface area contributed by atoms with Gasteiger partial charge in [0.15, 0.2) is 17.5 Å². The molecule has 1 heterocycles. The predicted molar refractivity (Wildman–Crippen MR) is 285 cm³/mol. The maximum Gasteiger partial charge on any atom is 0.164 e. The summed E-state index contributed by atoms with van der Waals surface area (Å²) in [5.41, 5.74) is 16.9. The number of hydrogen-bond donors (Lipinski definition) is 0. The first-order valence-electron chi connectivity index (χ1n) is 23.6. The van der Waals surface area contributed by atoms with Crippen molar-refractivity contribution in [3.63, 3.8) is 0 Å². The lowest BCUT2D eigenvalue weighted by atomic mass is 9.66. The highest BCUT2D eigenvalue weighted by molar-refractivity contribution is 6.19. The van der Waals surface area contributed by atoms with Crippen LogP contribution in [0.3, 0.4) is 0 Å². The van der Waals surface area contributed by atoms with Crippen LogP contribution in [0.5, 0.6) is 0 Å². The van der Waals surface area contributed by atoms with E-state index in [1.165, 1.54) is 66.1 Å². The normalized spacial score (nSPS) is 13.9. The first-order chi connectivity index (χ1) is 34.2. The molecular formula is C66H43N3. The average molecular weight is 878 g/mol. The molecule has 3 nitrogen and oxygen atoms in total. The number of fused-ring (bicyclic) bond motifs is 8. The summed E-state index contributed by atoms with van der Waals surface area (Å²) < 4.78 is 0. The molecule has 0 radical (unpaired) electrons. The van der Waals surface area contributed by atoms with Crippen molar-refractivity contribution in [2.75, 3.05) is 0 Å². The topological polar surface area (TPSA) is 38.7 Å². The Morgan fingerprint density at radius 1 is 0.246 bits per heavy atom. The average Bonchev–Trinajstić information content (AvgIpc) is 3.76. The summed E-state index contributed by atoms with van der Waals surface area (Å²) in [6, 6.07) is 93.8. The highest BCUT2D eigenvalue weighted by atomic mass is 15.0. The molecule has 1 aromatic heterocycles. The zero-order valence-electron chi connectivity index (χ0n) is 37.7. The molecule has 0 aliphatic heterocycles. The van der Waals surface area contributed by atoms with Crippen molar-refractivity contribution in [2.45, 2.75) is 5.41 Å². The third-order valence-electron chi connectivity index (χ3n) is 14.0. The summed E-state index contributed by atoms with van der Waals surface area (Å²) in [4.78, 5) is 15.3. The predicted octanol–water partition coefficient (Wildman–Crippen LogP) is 16.5. The van der Waals surface area contributed by atoms with Crippen molar-refractivity contribution in [3.05, 3.63) is 283 Å². The fourth-order valence-electron chi connectivity index (χ4n) is 10.8. The van der Waals surface area contributed by atoms with Crippen LogP contribution < -0.4 is 0 Å². The molecule has 11 aromatic carbocycles. The number of aromatic nitrogens is 3. The lowest BCUT2D eigenvalue weighted by molar-refractivity contribution is 0.776. The molecule has 0 saturated carbocycles. The minimum absolute atomic E-state index is 0.543. The summed E-state index contributed by atoms with van der Waals surface area (Å²) in [7, 11) is 0. The zero-order valence-corrected chi connectivity index (χ0v) is 37.7. The third kappa shape index (κ3) is 6.78. The van der Waals surface area contributed by atoms with Gasteiger partial charge in [-0.15, -0.1) is 0 Å². The highest BCUT2D eigenvalue weighted by Crippen LogP contribution is 2.60. The molecule has 0 saturated heterocycles. The molecule has 0 fully saturated rings. The van der Waals surface area contributed by atoms with Crippen molar-refractivity contribution in [2.24, 2.45) is 0 Å². The van der Waals surface area contributed by atoms with Crippen LogP contribution in [0.25, 0.3) is 100 Å². The molecule has 1 unspecified atom stereocenters. The van der Waals surface area contributed by atoms with E-state index in [4.69, 9.17) is 15.0 Å². The second-order valence-corrected chi connectivity index (χ2v) is 17.9. The van der Waals surface area contributed by atoms with Crippen LogP contribution in [0.1, 0.15) is 22.3 Å². The number of benzene rings is 11. The molecule has 0 spiro atoms. The fourth-order valence-corrected chi connectivity index (χ4v) is 10.8. The minimum Gasteiger partial charge on any atom is -0.208 e. The largest absolute Gasteiger partial charge is 0.208 e. The molecule has 13 rings (SSSR count). The van der Waals surface area contributed by atoms with Gasteiger partial charge in [0.25, 0.3) is 0 Å². The molecule has 69 heavy (non-hydrogen) atoms. The lowest BCUT2D eigenvalue weighted by Crippen LogP contribution is -2.28. The Morgan fingerprint density at radius 2 is 0.623 bits per heavy atom. The van der Waals surface area contributed by atoms with Crippen molar-refractivity contribution in [1.29, 1.82) is 0 Å². The van der Waals surface area contributed by atoms with Crippen LogP contribution >= 0.6 is 0 Å². The van der Waals surface area contributed by atoms with Crippen molar-refractivity contribution >= 4 is 21.5 Å². The molecule has 0 amide bonds. The van der Waals surface area contributed by atoms with E-state index in [0.717, 1.165) is 38.9 Å². The van der Waals surface area contributed by atoms with Crippen molar-refractivity contribution in [1.82, 2.24) is 15.0 Å². The Kier molecular flexibility index (Phi) is 9.73. The van der Waals surface area contributed by atoms with Gasteiger partial charge in [-0.3, -0.25) is 0 Å².